The number of para-hydroxylation sites is 1. The fourth-order valence-electron chi connectivity index (χ4n) is 1.76. The molecule has 2 N–H and O–H groups in total. The Morgan fingerprint density at radius 3 is 2.94 bits per heavy atom. The third kappa shape index (κ3) is 2.62. The van der Waals surface area contributed by atoms with Gasteiger partial charge in [0.2, 0.25) is 0 Å². The highest BCUT2D eigenvalue weighted by atomic mass is 14.8. The van der Waals surface area contributed by atoms with E-state index in [1.807, 2.05) is 12.1 Å². The molecule has 0 spiro atoms. The first-order valence-corrected chi connectivity index (χ1v) is 5.54. The van der Waals surface area contributed by atoms with Crippen molar-refractivity contribution in [1.29, 1.82) is 5.26 Å². The highest BCUT2D eigenvalue weighted by Crippen LogP contribution is 2.14. The van der Waals surface area contributed by atoms with E-state index in [0.29, 0.717) is 6.42 Å². The Balaban J connectivity index is 1.88. The van der Waals surface area contributed by atoms with Crippen molar-refractivity contribution in [3.8, 4) is 6.07 Å². The van der Waals surface area contributed by atoms with Crippen LogP contribution in [0.4, 0.5) is 0 Å². The van der Waals surface area contributed by atoms with Crippen LogP contribution in [0.5, 0.6) is 0 Å². The molecule has 0 fully saturated rings. The summed E-state index contributed by atoms with van der Waals surface area (Å²) in [5.41, 5.74) is 2.43. The van der Waals surface area contributed by atoms with Crippen LogP contribution in [0.3, 0.4) is 0 Å². The summed E-state index contributed by atoms with van der Waals surface area (Å²) < 4.78 is 0. The molecule has 0 aliphatic heterocycles. The fraction of sp³-hybridized carbons (Fsp3) is 0.308. The van der Waals surface area contributed by atoms with Crippen LogP contribution >= 0.6 is 0 Å². The lowest BCUT2D eigenvalue weighted by Crippen LogP contribution is -2.18. The van der Waals surface area contributed by atoms with E-state index in [9.17, 15) is 0 Å². The number of hydrogen-bond donors (Lipinski definition) is 2. The zero-order valence-electron chi connectivity index (χ0n) is 9.16. The molecule has 2 aromatic rings. The lowest BCUT2D eigenvalue weighted by molar-refractivity contribution is 0.687. The molecule has 0 bridgehead atoms. The minimum absolute atomic E-state index is 0.576. The second-order valence-corrected chi connectivity index (χ2v) is 3.79. The monoisotopic (exact) mass is 213 g/mol. The molecule has 0 aliphatic rings. The quantitative estimate of drug-likeness (QED) is 0.748. The maximum atomic E-state index is 8.38. The summed E-state index contributed by atoms with van der Waals surface area (Å²) in [6.45, 7) is 1.69. The lowest BCUT2D eigenvalue weighted by atomic mass is 10.2. The Labute approximate surface area is 95.1 Å². The van der Waals surface area contributed by atoms with Crippen LogP contribution in [0.1, 0.15) is 12.1 Å². The van der Waals surface area contributed by atoms with Gasteiger partial charge in [0.15, 0.2) is 0 Å². The van der Waals surface area contributed by atoms with Gasteiger partial charge in [-0.15, -0.1) is 0 Å². The van der Waals surface area contributed by atoms with E-state index in [0.717, 1.165) is 19.5 Å². The van der Waals surface area contributed by atoms with E-state index in [2.05, 4.69) is 34.6 Å². The Hall–Kier alpha value is -1.79. The van der Waals surface area contributed by atoms with Crippen molar-refractivity contribution < 1.29 is 0 Å². The van der Waals surface area contributed by atoms with E-state index in [1.54, 1.807) is 0 Å². The van der Waals surface area contributed by atoms with Crippen molar-refractivity contribution in [2.75, 3.05) is 13.1 Å². The van der Waals surface area contributed by atoms with Crippen molar-refractivity contribution in [1.82, 2.24) is 10.3 Å². The van der Waals surface area contributed by atoms with Crippen molar-refractivity contribution in [3.63, 3.8) is 0 Å². The molecule has 0 unspecified atom stereocenters. The third-order valence-corrected chi connectivity index (χ3v) is 2.57. The van der Waals surface area contributed by atoms with Gasteiger partial charge in [0.1, 0.15) is 0 Å². The number of nitrogens with zero attached hydrogens (tertiary/aromatic N) is 1. The molecule has 0 atom stereocenters. The molecule has 3 nitrogen and oxygen atoms in total. The van der Waals surface area contributed by atoms with E-state index in [1.165, 1.54) is 16.6 Å². The SMILES string of the molecule is N#CCCNCCc1cc2ccccc2[nH]1. The highest BCUT2D eigenvalue weighted by Gasteiger charge is 1.98. The molecule has 1 aromatic carbocycles. The number of nitriles is 1. The molecule has 0 saturated heterocycles. The van der Waals surface area contributed by atoms with E-state index in [-0.39, 0.29) is 0 Å². The maximum absolute atomic E-state index is 8.38. The number of hydrogen-bond acceptors (Lipinski definition) is 2. The summed E-state index contributed by atoms with van der Waals surface area (Å²) >= 11 is 0. The highest BCUT2D eigenvalue weighted by molar-refractivity contribution is 5.80. The van der Waals surface area contributed by atoms with Gasteiger partial charge in [-0.3, -0.25) is 0 Å². The van der Waals surface area contributed by atoms with Gasteiger partial charge in [0.05, 0.1) is 6.07 Å². The zero-order valence-corrected chi connectivity index (χ0v) is 9.16. The van der Waals surface area contributed by atoms with Crippen LogP contribution in [-0.2, 0) is 6.42 Å². The topological polar surface area (TPSA) is 51.6 Å². The molecule has 3 heteroatoms. The minimum Gasteiger partial charge on any atom is -0.358 e. The van der Waals surface area contributed by atoms with Crippen molar-refractivity contribution in [2.24, 2.45) is 0 Å². The van der Waals surface area contributed by atoms with Crippen LogP contribution in [0.25, 0.3) is 10.9 Å². The van der Waals surface area contributed by atoms with Crippen molar-refractivity contribution >= 4 is 10.9 Å². The summed E-state index contributed by atoms with van der Waals surface area (Å²) in [4.78, 5) is 3.38. The first kappa shape index (κ1) is 10.7. The number of aromatic nitrogens is 1. The van der Waals surface area contributed by atoms with Gasteiger partial charge in [-0.2, -0.15) is 5.26 Å². The third-order valence-electron chi connectivity index (χ3n) is 2.57. The van der Waals surface area contributed by atoms with Gasteiger partial charge in [-0.25, -0.2) is 0 Å². The summed E-state index contributed by atoms with van der Waals surface area (Å²) in [7, 11) is 0. The number of aromatic amines is 1. The van der Waals surface area contributed by atoms with Crippen molar-refractivity contribution in [3.05, 3.63) is 36.0 Å². The van der Waals surface area contributed by atoms with Gasteiger partial charge in [-0.05, 0) is 23.9 Å². The van der Waals surface area contributed by atoms with E-state index in [4.69, 9.17) is 5.26 Å². The molecule has 2 rings (SSSR count). The molecule has 82 valence electrons. The predicted molar refractivity (Wildman–Crippen MR) is 65.1 cm³/mol. The number of rotatable bonds is 5. The Morgan fingerprint density at radius 2 is 2.12 bits per heavy atom. The zero-order chi connectivity index (χ0) is 11.2. The molecule has 16 heavy (non-hydrogen) atoms. The van der Waals surface area contributed by atoms with E-state index < -0.39 is 0 Å². The number of benzene rings is 1. The molecular weight excluding hydrogens is 198 g/mol. The number of fused-ring (bicyclic) bond motifs is 1. The van der Waals surface area contributed by atoms with Gasteiger partial charge in [0, 0.05) is 30.7 Å². The van der Waals surface area contributed by atoms with Crippen LogP contribution in [0.2, 0.25) is 0 Å². The molecule has 0 aliphatic carbocycles. The Morgan fingerprint density at radius 1 is 1.25 bits per heavy atom. The van der Waals surface area contributed by atoms with E-state index >= 15 is 0 Å². The summed E-state index contributed by atoms with van der Waals surface area (Å²) in [6.07, 6.45) is 1.55. The normalized spacial score (nSPS) is 10.4. The molecule has 1 aromatic heterocycles. The van der Waals surface area contributed by atoms with Gasteiger partial charge >= 0.3 is 0 Å². The second-order valence-electron chi connectivity index (χ2n) is 3.79. The standard InChI is InChI=1S/C13H15N3/c14-7-3-8-15-9-6-12-10-11-4-1-2-5-13(11)16-12/h1-2,4-5,10,15-16H,3,6,8-9H2. The van der Waals surface area contributed by atoms with Crippen LogP contribution in [0.15, 0.2) is 30.3 Å². The molecular formula is C13H15N3. The Kier molecular flexibility index (Phi) is 3.58. The largest absolute Gasteiger partial charge is 0.358 e. The first-order chi connectivity index (χ1) is 7.90. The average molecular weight is 213 g/mol. The van der Waals surface area contributed by atoms with Gasteiger partial charge in [0.25, 0.3) is 0 Å². The average Bonchev–Trinajstić information content (AvgIpc) is 2.71. The summed E-state index contributed by atoms with van der Waals surface area (Å²) in [5, 5.41) is 12.9. The lowest BCUT2D eigenvalue weighted by Gasteiger charge is -1.99. The van der Waals surface area contributed by atoms with Crippen LogP contribution < -0.4 is 5.32 Å². The van der Waals surface area contributed by atoms with Crippen LogP contribution in [0, 0.1) is 11.3 Å². The summed E-state index contributed by atoms with van der Waals surface area (Å²) in [6, 6.07) is 12.6. The molecule has 0 amide bonds. The smallest absolute Gasteiger partial charge is 0.0635 e. The first-order valence-electron chi connectivity index (χ1n) is 5.54. The van der Waals surface area contributed by atoms with Crippen molar-refractivity contribution in [2.45, 2.75) is 12.8 Å². The summed E-state index contributed by atoms with van der Waals surface area (Å²) in [5.74, 6) is 0. The minimum atomic E-state index is 0.576. The van der Waals surface area contributed by atoms with Gasteiger partial charge in [-0.1, -0.05) is 18.2 Å². The molecule has 0 saturated carbocycles. The van der Waals surface area contributed by atoms with Gasteiger partial charge < -0.3 is 10.3 Å². The second kappa shape index (κ2) is 5.34. The fourth-order valence-corrected chi connectivity index (χ4v) is 1.76. The maximum Gasteiger partial charge on any atom is 0.0635 e. The number of nitrogens with one attached hydrogen (secondary N) is 2. The predicted octanol–water partition coefficient (Wildman–Crippen LogP) is 2.21. The molecule has 1 heterocycles. The number of H-pyrrole nitrogens is 1. The van der Waals surface area contributed by atoms with Crippen LogP contribution in [-0.4, -0.2) is 18.1 Å². The molecule has 0 radical (unpaired) electrons. The Bertz CT molecular complexity index is 460.